The van der Waals surface area contributed by atoms with Gasteiger partial charge in [-0.05, 0) is 32.9 Å². The quantitative estimate of drug-likeness (QED) is 0.915. The number of rotatable bonds is 3. The maximum atomic E-state index is 6.02. The van der Waals surface area contributed by atoms with Crippen molar-refractivity contribution in [2.24, 2.45) is 5.73 Å². The Kier molecular flexibility index (Phi) is 3.26. The van der Waals surface area contributed by atoms with Gasteiger partial charge in [0.1, 0.15) is 17.6 Å². The predicted octanol–water partition coefficient (Wildman–Crippen LogP) is 2.68. The molecule has 0 radical (unpaired) electrons. The first kappa shape index (κ1) is 12.2. The van der Waals surface area contributed by atoms with Gasteiger partial charge in [0.15, 0.2) is 0 Å². The highest BCUT2D eigenvalue weighted by Crippen LogP contribution is 2.25. The minimum atomic E-state index is -0.130. The molecule has 0 aliphatic carbocycles. The monoisotopic (exact) mass is 253 g/mol. The van der Waals surface area contributed by atoms with E-state index in [2.05, 4.69) is 5.10 Å². The van der Waals surface area contributed by atoms with E-state index in [1.54, 1.807) is 10.9 Å². The molecule has 17 heavy (non-hydrogen) atoms. The molecule has 2 unspecified atom stereocenters. The number of furan rings is 1. The Hall–Kier alpha value is -1.26. The van der Waals surface area contributed by atoms with E-state index in [4.69, 9.17) is 21.8 Å². The molecule has 5 heteroatoms. The van der Waals surface area contributed by atoms with E-state index in [1.807, 2.05) is 32.9 Å². The molecule has 0 saturated carbocycles. The molecule has 0 bridgehead atoms. The summed E-state index contributed by atoms with van der Waals surface area (Å²) >= 11 is 6.02. The summed E-state index contributed by atoms with van der Waals surface area (Å²) in [5.41, 5.74) is 6.80. The Morgan fingerprint density at radius 2 is 2.12 bits per heavy atom. The predicted molar refractivity (Wildman–Crippen MR) is 67.2 cm³/mol. The normalized spacial score (nSPS) is 14.9. The standard InChI is InChI=1S/C12H16ClN3O/c1-7-4-5-11(17-7)12(8(2)14)16-6-10(13)9(3)15-16/h4-6,8,12H,14H2,1-3H3. The van der Waals surface area contributed by atoms with Crippen molar-refractivity contribution < 1.29 is 4.42 Å². The van der Waals surface area contributed by atoms with Gasteiger partial charge >= 0.3 is 0 Å². The Balaban J connectivity index is 2.42. The fourth-order valence-electron chi connectivity index (χ4n) is 1.84. The molecule has 2 atom stereocenters. The molecule has 2 rings (SSSR count). The summed E-state index contributed by atoms with van der Waals surface area (Å²) in [6, 6.07) is 3.60. The number of hydrogen-bond acceptors (Lipinski definition) is 3. The highest BCUT2D eigenvalue weighted by molar-refractivity contribution is 6.31. The molecule has 0 aliphatic rings. The average molecular weight is 254 g/mol. The summed E-state index contributed by atoms with van der Waals surface area (Å²) in [6.07, 6.45) is 1.78. The summed E-state index contributed by atoms with van der Waals surface area (Å²) in [6.45, 7) is 5.70. The van der Waals surface area contributed by atoms with Crippen LogP contribution >= 0.6 is 11.6 Å². The molecule has 4 nitrogen and oxygen atoms in total. The zero-order valence-electron chi connectivity index (χ0n) is 10.1. The first-order valence-electron chi connectivity index (χ1n) is 5.52. The van der Waals surface area contributed by atoms with E-state index < -0.39 is 0 Å². The van der Waals surface area contributed by atoms with Crippen molar-refractivity contribution in [2.75, 3.05) is 0 Å². The van der Waals surface area contributed by atoms with Crippen molar-refractivity contribution in [1.82, 2.24) is 9.78 Å². The van der Waals surface area contributed by atoms with Crippen molar-refractivity contribution in [1.29, 1.82) is 0 Å². The second-order valence-corrected chi connectivity index (χ2v) is 4.70. The zero-order chi connectivity index (χ0) is 12.6. The summed E-state index contributed by atoms with van der Waals surface area (Å²) in [5, 5.41) is 5.00. The van der Waals surface area contributed by atoms with Crippen LogP contribution in [0, 0.1) is 13.8 Å². The van der Waals surface area contributed by atoms with Crippen molar-refractivity contribution in [2.45, 2.75) is 32.9 Å². The lowest BCUT2D eigenvalue weighted by Gasteiger charge is -2.19. The number of halogens is 1. The van der Waals surface area contributed by atoms with Crippen molar-refractivity contribution in [3.63, 3.8) is 0 Å². The molecule has 0 amide bonds. The van der Waals surface area contributed by atoms with E-state index in [0.29, 0.717) is 5.02 Å². The second-order valence-electron chi connectivity index (χ2n) is 4.29. The van der Waals surface area contributed by atoms with Crippen LogP contribution in [0.2, 0.25) is 5.02 Å². The Bertz CT molecular complexity index is 496. The van der Waals surface area contributed by atoms with Crippen molar-refractivity contribution in [3.05, 3.63) is 40.6 Å². The molecule has 0 aliphatic heterocycles. The van der Waals surface area contributed by atoms with E-state index in [0.717, 1.165) is 17.2 Å². The molecule has 92 valence electrons. The van der Waals surface area contributed by atoms with Gasteiger partial charge in [-0.1, -0.05) is 11.6 Å². The van der Waals surface area contributed by atoms with Gasteiger partial charge < -0.3 is 10.2 Å². The van der Waals surface area contributed by atoms with Crippen molar-refractivity contribution >= 4 is 11.6 Å². The average Bonchev–Trinajstić information content (AvgIpc) is 2.76. The SMILES string of the molecule is Cc1ccc(C(C(C)N)n2cc(Cl)c(C)n2)o1. The van der Waals surface area contributed by atoms with Gasteiger partial charge in [-0.2, -0.15) is 5.10 Å². The third-order valence-corrected chi connectivity index (χ3v) is 3.06. The summed E-state index contributed by atoms with van der Waals surface area (Å²) < 4.78 is 7.39. The van der Waals surface area contributed by atoms with Crippen LogP contribution in [0.1, 0.15) is 30.2 Å². The molecule has 0 aromatic carbocycles. The van der Waals surface area contributed by atoms with E-state index in [9.17, 15) is 0 Å². The minimum Gasteiger partial charge on any atom is -0.464 e. The molecule has 2 aromatic rings. The Labute approximate surface area is 105 Å². The number of aromatic nitrogens is 2. The summed E-state index contributed by atoms with van der Waals surface area (Å²) in [4.78, 5) is 0. The maximum Gasteiger partial charge on any atom is 0.130 e. The first-order valence-corrected chi connectivity index (χ1v) is 5.90. The molecule has 0 spiro atoms. The van der Waals surface area contributed by atoms with Crippen LogP contribution in [0.5, 0.6) is 0 Å². The van der Waals surface area contributed by atoms with E-state index >= 15 is 0 Å². The van der Waals surface area contributed by atoms with Crippen LogP contribution in [0.25, 0.3) is 0 Å². The maximum absolute atomic E-state index is 6.02. The Morgan fingerprint density at radius 3 is 2.53 bits per heavy atom. The van der Waals surface area contributed by atoms with Crippen LogP contribution in [-0.4, -0.2) is 15.8 Å². The molecular formula is C12H16ClN3O. The molecule has 2 aromatic heterocycles. The Morgan fingerprint density at radius 1 is 1.41 bits per heavy atom. The van der Waals surface area contributed by atoms with Crippen LogP contribution in [0.15, 0.2) is 22.7 Å². The second kappa shape index (κ2) is 4.55. The number of nitrogens with zero attached hydrogens (tertiary/aromatic N) is 2. The van der Waals surface area contributed by atoms with Gasteiger partial charge in [0.05, 0.1) is 10.7 Å². The molecule has 2 heterocycles. The third kappa shape index (κ3) is 2.37. The van der Waals surface area contributed by atoms with Crippen molar-refractivity contribution in [3.8, 4) is 0 Å². The lowest BCUT2D eigenvalue weighted by atomic mass is 10.1. The van der Waals surface area contributed by atoms with Crippen LogP contribution in [0.4, 0.5) is 0 Å². The van der Waals surface area contributed by atoms with Crippen LogP contribution in [0.3, 0.4) is 0 Å². The van der Waals surface area contributed by atoms with Gasteiger partial charge in [-0.15, -0.1) is 0 Å². The fourth-order valence-corrected chi connectivity index (χ4v) is 1.98. The summed E-state index contributed by atoms with van der Waals surface area (Å²) in [5.74, 6) is 1.66. The fraction of sp³-hybridized carbons (Fsp3) is 0.417. The molecule has 2 N–H and O–H groups in total. The highest BCUT2D eigenvalue weighted by Gasteiger charge is 2.23. The van der Waals surface area contributed by atoms with E-state index in [1.165, 1.54) is 0 Å². The van der Waals surface area contributed by atoms with Gasteiger partial charge in [0.25, 0.3) is 0 Å². The highest BCUT2D eigenvalue weighted by atomic mass is 35.5. The zero-order valence-corrected chi connectivity index (χ0v) is 10.9. The molecular weight excluding hydrogens is 238 g/mol. The van der Waals surface area contributed by atoms with Crippen LogP contribution in [-0.2, 0) is 0 Å². The van der Waals surface area contributed by atoms with E-state index in [-0.39, 0.29) is 12.1 Å². The number of nitrogens with two attached hydrogens (primary N) is 1. The van der Waals surface area contributed by atoms with Crippen LogP contribution < -0.4 is 5.73 Å². The lowest BCUT2D eigenvalue weighted by Crippen LogP contribution is -2.30. The number of hydrogen-bond donors (Lipinski definition) is 1. The van der Waals surface area contributed by atoms with Gasteiger partial charge in [0.2, 0.25) is 0 Å². The third-order valence-electron chi connectivity index (χ3n) is 2.69. The largest absolute Gasteiger partial charge is 0.464 e. The van der Waals surface area contributed by atoms with Gasteiger partial charge in [-0.3, -0.25) is 4.68 Å². The van der Waals surface area contributed by atoms with Gasteiger partial charge in [-0.25, -0.2) is 0 Å². The molecule has 0 fully saturated rings. The molecule has 0 saturated heterocycles. The summed E-state index contributed by atoms with van der Waals surface area (Å²) in [7, 11) is 0. The first-order chi connectivity index (χ1) is 7.99. The lowest BCUT2D eigenvalue weighted by molar-refractivity contribution is 0.359. The number of aryl methyl sites for hydroxylation is 2. The minimum absolute atomic E-state index is 0.115. The smallest absolute Gasteiger partial charge is 0.130 e. The topological polar surface area (TPSA) is 57.0 Å². The van der Waals surface area contributed by atoms with Gasteiger partial charge in [0, 0.05) is 12.2 Å².